The molecule has 7 rings (SSSR count). The second kappa shape index (κ2) is 9.49. The molecule has 0 radical (unpaired) electrons. The molecule has 0 spiro atoms. The van der Waals surface area contributed by atoms with Crippen molar-refractivity contribution in [3.63, 3.8) is 0 Å². The molecular weight excluding hydrogens is 616 g/mol. The lowest BCUT2D eigenvalue weighted by Crippen LogP contribution is -2.44. The van der Waals surface area contributed by atoms with Crippen LogP contribution in [0.1, 0.15) is 60.8 Å². The van der Waals surface area contributed by atoms with Crippen LogP contribution in [0.15, 0.2) is 33.5 Å². The van der Waals surface area contributed by atoms with Crippen LogP contribution in [0.2, 0.25) is 10.0 Å². The minimum Gasteiger partial charge on any atom is -0.382 e. The Morgan fingerprint density at radius 1 is 1.13 bits per heavy atom. The summed E-state index contributed by atoms with van der Waals surface area (Å²) < 4.78 is 28.2. The number of ether oxygens (including phenoxy) is 1. The molecule has 1 aromatic carbocycles. The minimum atomic E-state index is -1.07. The monoisotopic (exact) mass is 637 g/mol. The van der Waals surface area contributed by atoms with Crippen LogP contribution in [0.4, 0.5) is 4.39 Å². The number of benzene rings is 1. The van der Waals surface area contributed by atoms with Crippen molar-refractivity contribution in [3.05, 3.63) is 61.2 Å². The summed E-state index contributed by atoms with van der Waals surface area (Å²) in [5.74, 6) is 0.776. The maximum atomic E-state index is 14.5. The highest BCUT2D eigenvalue weighted by Crippen LogP contribution is 2.57. The van der Waals surface area contributed by atoms with E-state index < -0.39 is 5.60 Å². The number of aliphatic hydroxyl groups is 1. The van der Waals surface area contributed by atoms with Gasteiger partial charge in [-0.2, -0.15) is 0 Å². The van der Waals surface area contributed by atoms with Crippen LogP contribution >= 0.6 is 50.5 Å². The van der Waals surface area contributed by atoms with Gasteiger partial charge in [-0.25, -0.2) is 9.37 Å². The molecule has 11 heteroatoms. The highest BCUT2D eigenvalue weighted by atomic mass is 79.9. The first-order chi connectivity index (χ1) is 18.3. The SMILES string of the molecule is OC1(c2nc3c(F)cc(Br)cc3s2)[C@@H]2CC[C@H]1CC(OCc1c(-c3c(Cl)cncc3Cl)noc1C1CC1)C2. The Morgan fingerprint density at radius 3 is 2.53 bits per heavy atom. The third kappa shape index (κ3) is 4.12. The van der Waals surface area contributed by atoms with Crippen molar-refractivity contribution in [2.75, 3.05) is 0 Å². The summed E-state index contributed by atoms with van der Waals surface area (Å²) in [6, 6.07) is 3.27. The van der Waals surface area contributed by atoms with Crippen LogP contribution in [-0.2, 0) is 16.9 Å². The van der Waals surface area contributed by atoms with Gasteiger partial charge in [0, 0.05) is 33.9 Å². The van der Waals surface area contributed by atoms with Gasteiger partial charge < -0.3 is 14.4 Å². The maximum absolute atomic E-state index is 14.5. The van der Waals surface area contributed by atoms with Crippen LogP contribution in [0, 0.1) is 17.7 Å². The summed E-state index contributed by atoms with van der Waals surface area (Å²) in [4.78, 5) is 8.64. The first kappa shape index (κ1) is 25.4. The van der Waals surface area contributed by atoms with Crippen molar-refractivity contribution in [1.29, 1.82) is 0 Å². The molecule has 3 aromatic heterocycles. The number of halogens is 4. The third-order valence-electron chi connectivity index (χ3n) is 8.28. The number of nitrogens with zero attached hydrogens (tertiary/aromatic N) is 3. The molecule has 2 bridgehead atoms. The van der Waals surface area contributed by atoms with Crippen LogP contribution in [0.3, 0.4) is 0 Å². The molecule has 4 aromatic rings. The van der Waals surface area contributed by atoms with Crippen molar-refractivity contribution >= 4 is 60.7 Å². The number of hydrogen-bond donors (Lipinski definition) is 1. The molecule has 0 saturated heterocycles. The highest BCUT2D eigenvalue weighted by molar-refractivity contribution is 9.10. The third-order valence-corrected chi connectivity index (χ3v) is 10.5. The van der Waals surface area contributed by atoms with E-state index in [1.807, 2.05) is 6.07 Å². The van der Waals surface area contributed by atoms with E-state index in [1.165, 1.54) is 17.4 Å². The Morgan fingerprint density at radius 2 is 1.84 bits per heavy atom. The zero-order chi connectivity index (χ0) is 26.2. The van der Waals surface area contributed by atoms with Gasteiger partial charge in [-0.15, -0.1) is 11.3 Å². The first-order valence-electron chi connectivity index (χ1n) is 12.7. The van der Waals surface area contributed by atoms with Gasteiger partial charge in [-0.3, -0.25) is 4.98 Å². The van der Waals surface area contributed by atoms with Gasteiger partial charge in [0.1, 0.15) is 27.6 Å². The van der Waals surface area contributed by atoms with Crippen molar-refractivity contribution in [2.24, 2.45) is 11.8 Å². The average Bonchev–Trinajstić information content (AvgIpc) is 3.46. The summed E-state index contributed by atoms with van der Waals surface area (Å²) in [5.41, 5.74) is 1.33. The first-order valence-corrected chi connectivity index (χ1v) is 15.1. The van der Waals surface area contributed by atoms with Crippen LogP contribution < -0.4 is 0 Å². The van der Waals surface area contributed by atoms with Gasteiger partial charge in [0.05, 0.1) is 27.5 Å². The number of fused-ring (bicyclic) bond motifs is 3. The molecule has 6 nitrogen and oxygen atoms in total. The molecule has 0 aliphatic heterocycles. The van der Waals surface area contributed by atoms with E-state index in [1.54, 1.807) is 12.4 Å². The predicted octanol–water partition coefficient (Wildman–Crippen LogP) is 8.03. The maximum Gasteiger partial charge on any atom is 0.151 e. The van der Waals surface area contributed by atoms with E-state index in [4.69, 9.17) is 32.5 Å². The summed E-state index contributed by atoms with van der Waals surface area (Å²) in [7, 11) is 0. The van der Waals surface area contributed by atoms with Gasteiger partial charge in [0.2, 0.25) is 0 Å². The molecule has 0 amide bonds. The minimum absolute atomic E-state index is 0.00718. The lowest BCUT2D eigenvalue weighted by Gasteiger charge is -2.41. The number of pyridine rings is 1. The fourth-order valence-electron chi connectivity index (χ4n) is 6.28. The zero-order valence-electron chi connectivity index (χ0n) is 20.1. The topological polar surface area (TPSA) is 81.3 Å². The molecule has 3 saturated carbocycles. The van der Waals surface area contributed by atoms with Crippen LogP contribution in [0.25, 0.3) is 21.5 Å². The van der Waals surface area contributed by atoms with Gasteiger partial charge in [-0.1, -0.05) is 44.3 Å². The summed E-state index contributed by atoms with van der Waals surface area (Å²) in [6.07, 6.45) is 8.34. The molecular formula is C27H23BrCl2FN3O3S. The number of thiazole rings is 1. The Bertz CT molecular complexity index is 1520. The molecule has 38 heavy (non-hydrogen) atoms. The van der Waals surface area contributed by atoms with Crippen molar-refractivity contribution in [3.8, 4) is 11.3 Å². The average molecular weight is 639 g/mol. The van der Waals surface area contributed by atoms with E-state index in [2.05, 4.69) is 31.1 Å². The van der Waals surface area contributed by atoms with Crippen LogP contribution in [-0.4, -0.2) is 26.3 Å². The van der Waals surface area contributed by atoms with Crippen LogP contribution in [0.5, 0.6) is 0 Å². The molecule has 1 N–H and O–H groups in total. The fraction of sp³-hybridized carbons (Fsp3) is 0.444. The summed E-state index contributed by atoms with van der Waals surface area (Å²) in [6.45, 7) is 0.322. The Balaban J connectivity index is 1.14. The van der Waals surface area contributed by atoms with E-state index in [0.717, 1.165) is 41.7 Å². The molecule has 3 heterocycles. The Labute approximate surface area is 240 Å². The van der Waals surface area contributed by atoms with Gasteiger partial charge in [-0.05, 0) is 62.5 Å². The van der Waals surface area contributed by atoms with Crippen molar-refractivity contribution < 1.29 is 18.8 Å². The highest BCUT2D eigenvalue weighted by Gasteiger charge is 2.56. The standard InChI is InChI=1S/C27H23BrCl2FN3O3S/c28-15-7-20(31)24-21(8-15)38-26(33-24)27(35)13-3-4-14(27)6-16(5-13)36-11-17-23(34-37-25(17)12-1-2-12)22-18(29)9-32-10-19(22)30/h7-10,12-14,16,35H,1-6,11H2/t13-,14+,16?,27?. The molecule has 198 valence electrons. The number of rotatable bonds is 6. The van der Waals surface area contributed by atoms with E-state index >= 15 is 0 Å². The largest absolute Gasteiger partial charge is 0.382 e. The Kier molecular flexibility index (Phi) is 6.33. The summed E-state index contributed by atoms with van der Waals surface area (Å²) >= 11 is 17.6. The predicted molar refractivity (Wildman–Crippen MR) is 147 cm³/mol. The molecule has 3 aliphatic rings. The molecule has 4 atom stereocenters. The van der Waals surface area contributed by atoms with E-state index in [9.17, 15) is 9.50 Å². The van der Waals surface area contributed by atoms with E-state index in [-0.39, 0.29) is 23.8 Å². The lowest BCUT2D eigenvalue weighted by atomic mass is 9.73. The fourth-order valence-corrected chi connectivity index (χ4v) is 8.67. The normalized spacial score (nSPS) is 26.9. The molecule has 3 aliphatic carbocycles. The van der Waals surface area contributed by atoms with Crippen molar-refractivity contribution in [1.82, 2.24) is 15.1 Å². The van der Waals surface area contributed by atoms with Gasteiger partial charge in [0.25, 0.3) is 0 Å². The van der Waals surface area contributed by atoms with Gasteiger partial charge >= 0.3 is 0 Å². The smallest absolute Gasteiger partial charge is 0.151 e. The van der Waals surface area contributed by atoms with Gasteiger partial charge in [0.15, 0.2) is 5.82 Å². The lowest BCUT2D eigenvalue weighted by molar-refractivity contribution is -0.116. The second-order valence-electron chi connectivity index (χ2n) is 10.6. The Hall–Kier alpha value is -1.62. The zero-order valence-corrected chi connectivity index (χ0v) is 24.0. The molecule has 2 unspecified atom stereocenters. The second-order valence-corrected chi connectivity index (χ2v) is 13.3. The number of aromatic nitrogens is 3. The quantitative estimate of drug-likeness (QED) is 0.230. The number of hydrogen-bond acceptors (Lipinski definition) is 7. The summed E-state index contributed by atoms with van der Waals surface area (Å²) in [5, 5.41) is 17.7. The van der Waals surface area contributed by atoms with Crippen molar-refractivity contribution in [2.45, 2.75) is 62.8 Å². The van der Waals surface area contributed by atoms with E-state index in [0.29, 0.717) is 61.7 Å². The molecule has 3 fully saturated rings.